The van der Waals surface area contributed by atoms with Crippen LogP contribution in [-0.4, -0.2) is 17.5 Å². The number of amides is 2. The number of thiophene rings is 1. The average molecular weight is 406 g/mol. The highest BCUT2D eigenvalue weighted by Crippen LogP contribution is 2.16. The van der Waals surface area contributed by atoms with Crippen molar-refractivity contribution in [3.8, 4) is 0 Å². The molecule has 0 saturated heterocycles. The third-order valence-electron chi connectivity index (χ3n) is 4.47. The van der Waals surface area contributed by atoms with Gasteiger partial charge >= 0.3 is 0 Å². The lowest BCUT2D eigenvalue weighted by atomic mass is 10.0. The number of hydrazone groups is 1. The summed E-state index contributed by atoms with van der Waals surface area (Å²) in [5, 5.41) is 8.91. The van der Waals surface area contributed by atoms with E-state index in [1.54, 1.807) is 18.2 Å². The van der Waals surface area contributed by atoms with Gasteiger partial charge in [0.1, 0.15) is 0 Å². The molecule has 0 atom stereocenters. The van der Waals surface area contributed by atoms with E-state index < -0.39 is 0 Å². The average Bonchev–Trinajstić information content (AvgIpc) is 3.27. The fraction of sp³-hybridized carbons (Fsp3) is 0.174. The minimum atomic E-state index is -0.250. The fourth-order valence-electron chi connectivity index (χ4n) is 2.68. The number of anilines is 1. The van der Waals surface area contributed by atoms with Gasteiger partial charge in [0.25, 0.3) is 11.8 Å². The summed E-state index contributed by atoms with van der Waals surface area (Å²) < 4.78 is 0. The lowest BCUT2D eigenvalue weighted by Gasteiger charge is -2.07. The first-order chi connectivity index (χ1) is 13.9. The number of rotatable bonds is 6. The summed E-state index contributed by atoms with van der Waals surface area (Å²) >= 11 is 1.40. The van der Waals surface area contributed by atoms with Gasteiger partial charge in [-0.25, -0.2) is 5.43 Å². The zero-order valence-electron chi connectivity index (χ0n) is 16.6. The number of nitrogens with one attached hydrogen (secondary N) is 2. The first-order valence-electron chi connectivity index (χ1n) is 9.34. The van der Waals surface area contributed by atoms with Gasteiger partial charge in [-0.2, -0.15) is 5.10 Å². The Morgan fingerprint density at radius 1 is 0.897 bits per heavy atom. The van der Waals surface area contributed by atoms with Crippen LogP contribution in [0.25, 0.3) is 0 Å². The van der Waals surface area contributed by atoms with E-state index in [9.17, 15) is 9.59 Å². The maximum atomic E-state index is 12.3. The number of benzene rings is 2. The topological polar surface area (TPSA) is 70.6 Å². The zero-order valence-corrected chi connectivity index (χ0v) is 17.4. The van der Waals surface area contributed by atoms with Crippen molar-refractivity contribution < 1.29 is 9.59 Å². The Morgan fingerprint density at radius 3 is 2.14 bits per heavy atom. The van der Waals surface area contributed by atoms with Crippen molar-refractivity contribution in [3.05, 3.63) is 87.6 Å². The van der Waals surface area contributed by atoms with Gasteiger partial charge in [0.05, 0.1) is 10.6 Å². The molecule has 0 aliphatic carbocycles. The minimum Gasteiger partial charge on any atom is -0.321 e. The van der Waals surface area contributed by atoms with E-state index in [2.05, 4.69) is 29.7 Å². The SMILES string of the molecule is CC(=NNC(=O)c1ccc(C(C)C)cc1)c1ccc(NC(=O)c2cccs2)cc1. The third-order valence-corrected chi connectivity index (χ3v) is 5.34. The second-order valence-corrected chi connectivity index (χ2v) is 7.87. The van der Waals surface area contributed by atoms with E-state index >= 15 is 0 Å². The lowest BCUT2D eigenvalue weighted by molar-refractivity contribution is 0.0954. The first kappa shape index (κ1) is 20.5. The second kappa shape index (κ2) is 9.30. The Kier molecular flexibility index (Phi) is 6.57. The summed E-state index contributed by atoms with van der Waals surface area (Å²) in [6, 6.07) is 18.5. The quantitative estimate of drug-likeness (QED) is 0.433. The van der Waals surface area contributed by atoms with Crippen LogP contribution in [0.15, 0.2) is 71.1 Å². The molecular weight excluding hydrogens is 382 g/mol. The van der Waals surface area contributed by atoms with E-state index in [4.69, 9.17) is 0 Å². The molecule has 0 aliphatic rings. The van der Waals surface area contributed by atoms with E-state index in [0.717, 1.165) is 5.56 Å². The molecule has 6 heteroatoms. The molecule has 2 N–H and O–H groups in total. The van der Waals surface area contributed by atoms with E-state index in [1.807, 2.05) is 54.8 Å². The monoisotopic (exact) mass is 405 g/mol. The molecular formula is C23H23N3O2S. The van der Waals surface area contributed by atoms with E-state index in [-0.39, 0.29) is 11.8 Å². The molecule has 0 aliphatic heterocycles. The van der Waals surface area contributed by atoms with Crippen LogP contribution in [0.5, 0.6) is 0 Å². The molecule has 29 heavy (non-hydrogen) atoms. The van der Waals surface area contributed by atoms with Crippen LogP contribution in [0.3, 0.4) is 0 Å². The summed E-state index contributed by atoms with van der Waals surface area (Å²) in [5.74, 6) is 0.0406. The van der Waals surface area contributed by atoms with Gasteiger partial charge in [-0.1, -0.05) is 44.2 Å². The standard InChI is InChI=1S/C23H23N3O2S/c1-15(2)17-6-8-19(9-7-17)22(27)26-25-16(3)18-10-12-20(13-11-18)24-23(28)21-5-4-14-29-21/h4-15H,1-3H3,(H,24,28)(H,26,27). The van der Waals surface area contributed by atoms with Crippen LogP contribution in [-0.2, 0) is 0 Å². The van der Waals surface area contributed by atoms with Gasteiger partial charge in [-0.15, -0.1) is 11.3 Å². The molecule has 0 spiro atoms. The smallest absolute Gasteiger partial charge is 0.271 e. The Labute approximate surface area is 174 Å². The van der Waals surface area contributed by atoms with Crippen LogP contribution in [0.1, 0.15) is 57.8 Å². The highest BCUT2D eigenvalue weighted by molar-refractivity contribution is 7.12. The molecule has 0 unspecified atom stereocenters. The van der Waals surface area contributed by atoms with E-state index in [1.165, 1.54) is 16.9 Å². The number of carbonyl (C=O) groups excluding carboxylic acids is 2. The number of carbonyl (C=O) groups is 2. The molecule has 0 saturated carbocycles. The zero-order chi connectivity index (χ0) is 20.8. The summed E-state index contributed by atoms with van der Waals surface area (Å²) in [6.07, 6.45) is 0. The lowest BCUT2D eigenvalue weighted by Crippen LogP contribution is -2.19. The maximum absolute atomic E-state index is 12.3. The van der Waals surface area contributed by atoms with Crippen molar-refractivity contribution in [2.24, 2.45) is 5.10 Å². The van der Waals surface area contributed by atoms with Gasteiger partial charge < -0.3 is 5.32 Å². The first-order valence-corrected chi connectivity index (χ1v) is 10.2. The molecule has 2 aromatic carbocycles. The van der Waals surface area contributed by atoms with Gasteiger partial charge in [-0.3, -0.25) is 9.59 Å². The van der Waals surface area contributed by atoms with Crippen molar-refractivity contribution in [2.45, 2.75) is 26.7 Å². The predicted molar refractivity (Wildman–Crippen MR) is 119 cm³/mol. The summed E-state index contributed by atoms with van der Waals surface area (Å²) in [6.45, 7) is 6.05. The van der Waals surface area contributed by atoms with Crippen LogP contribution < -0.4 is 10.7 Å². The number of hydrogen-bond acceptors (Lipinski definition) is 4. The fourth-order valence-corrected chi connectivity index (χ4v) is 3.30. The molecule has 0 radical (unpaired) electrons. The molecule has 3 aromatic rings. The highest BCUT2D eigenvalue weighted by atomic mass is 32.1. The van der Waals surface area contributed by atoms with Crippen LogP contribution in [0.4, 0.5) is 5.69 Å². The van der Waals surface area contributed by atoms with Crippen molar-refractivity contribution in [1.82, 2.24) is 5.43 Å². The van der Waals surface area contributed by atoms with Crippen LogP contribution >= 0.6 is 11.3 Å². The second-order valence-electron chi connectivity index (χ2n) is 6.92. The van der Waals surface area contributed by atoms with Crippen LogP contribution in [0, 0.1) is 0 Å². The summed E-state index contributed by atoms with van der Waals surface area (Å²) in [4.78, 5) is 25.0. The Bertz CT molecular complexity index is 1010. The largest absolute Gasteiger partial charge is 0.321 e. The highest BCUT2D eigenvalue weighted by Gasteiger charge is 2.08. The molecule has 0 fully saturated rings. The van der Waals surface area contributed by atoms with Gasteiger partial charge in [-0.05, 0) is 59.7 Å². The molecule has 0 bridgehead atoms. The maximum Gasteiger partial charge on any atom is 0.271 e. The number of nitrogens with zero attached hydrogens (tertiary/aromatic N) is 1. The summed E-state index contributed by atoms with van der Waals surface area (Å²) in [7, 11) is 0. The number of hydrogen-bond donors (Lipinski definition) is 2. The molecule has 2 amide bonds. The molecule has 148 valence electrons. The van der Waals surface area contributed by atoms with Crippen molar-refractivity contribution in [2.75, 3.05) is 5.32 Å². The van der Waals surface area contributed by atoms with Gasteiger partial charge in [0.15, 0.2) is 0 Å². The van der Waals surface area contributed by atoms with Crippen LogP contribution in [0.2, 0.25) is 0 Å². The molecule has 5 nitrogen and oxygen atoms in total. The molecule has 3 rings (SSSR count). The van der Waals surface area contributed by atoms with Crippen molar-refractivity contribution in [3.63, 3.8) is 0 Å². The predicted octanol–water partition coefficient (Wildman–Crippen LogP) is 5.28. The molecule has 1 heterocycles. The normalized spacial score (nSPS) is 11.4. The Balaban J connectivity index is 1.60. The van der Waals surface area contributed by atoms with Crippen molar-refractivity contribution >= 4 is 34.6 Å². The Hall–Kier alpha value is -3.25. The third kappa shape index (κ3) is 5.39. The molecule has 1 aromatic heterocycles. The van der Waals surface area contributed by atoms with E-state index in [0.29, 0.717) is 27.8 Å². The minimum absolute atomic E-state index is 0.131. The van der Waals surface area contributed by atoms with Crippen molar-refractivity contribution in [1.29, 1.82) is 0 Å². The van der Waals surface area contributed by atoms with Gasteiger partial charge in [0, 0.05) is 11.3 Å². The van der Waals surface area contributed by atoms with Gasteiger partial charge in [0.2, 0.25) is 0 Å². The summed E-state index contributed by atoms with van der Waals surface area (Å²) in [5.41, 5.74) is 6.58. The Morgan fingerprint density at radius 2 is 1.55 bits per heavy atom.